The molecule has 1 fully saturated rings. The van der Waals surface area contributed by atoms with Gasteiger partial charge in [-0.3, -0.25) is 9.69 Å². The van der Waals surface area contributed by atoms with E-state index in [2.05, 4.69) is 59.0 Å². The Bertz CT molecular complexity index is 962. The summed E-state index contributed by atoms with van der Waals surface area (Å²) in [4.78, 5) is 20.4. The quantitative estimate of drug-likeness (QED) is 0.281. The lowest BCUT2D eigenvalue weighted by Gasteiger charge is -2.17. The molecular weight excluding hydrogens is 610 g/mol. The predicted molar refractivity (Wildman–Crippen MR) is 139 cm³/mol. The highest BCUT2D eigenvalue weighted by molar-refractivity contribution is 14.1. The molecule has 0 radical (unpaired) electrons. The third kappa shape index (κ3) is 5.55. The summed E-state index contributed by atoms with van der Waals surface area (Å²) in [6.45, 7) is 6.91. The SMILES string of the molecule is COc1c(I)cc(/C=C2/SC(=Nc3ccc(C)cc3)N(CC(C)C)C2=O)cc1I. The highest BCUT2D eigenvalue weighted by Crippen LogP contribution is 2.36. The number of rotatable bonds is 5. The summed E-state index contributed by atoms with van der Waals surface area (Å²) in [6.07, 6.45) is 1.95. The molecule has 1 heterocycles. The van der Waals surface area contributed by atoms with Gasteiger partial charge in [0.1, 0.15) is 5.75 Å². The van der Waals surface area contributed by atoms with Gasteiger partial charge in [0.05, 0.1) is 24.8 Å². The average Bonchev–Trinajstić information content (AvgIpc) is 2.92. The first kappa shape index (κ1) is 22.6. The van der Waals surface area contributed by atoms with Gasteiger partial charge in [-0.1, -0.05) is 31.5 Å². The molecule has 0 spiro atoms. The first-order valence-corrected chi connectivity index (χ1v) is 12.2. The van der Waals surface area contributed by atoms with Crippen LogP contribution in [0.15, 0.2) is 46.3 Å². The second-order valence-corrected chi connectivity index (χ2v) is 10.5. The predicted octanol–water partition coefficient (Wildman–Crippen LogP) is 6.47. The first-order chi connectivity index (χ1) is 13.8. The number of hydrogen-bond donors (Lipinski definition) is 0. The van der Waals surface area contributed by atoms with Crippen LogP contribution in [0.5, 0.6) is 5.75 Å². The molecule has 3 rings (SSSR count). The van der Waals surface area contributed by atoms with E-state index in [0.717, 1.165) is 29.3 Å². The smallest absolute Gasteiger partial charge is 0.266 e. The molecule has 1 aliphatic heterocycles. The van der Waals surface area contributed by atoms with Crippen molar-refractivity contribution in [1.82, 2.24) is 4.90 Å². The van der Waals surface area contributed by atoms with Crippen LogP contribution in [0.4, 0.5) is 5.69 Å². The number of ether oxygens (including phenoxy) is 1. The second kappa shape index (κ2) is 9.82. The number of benzene rings is 2. The van der Waals surface area contributed by atoms with Gasteiger partial charge >= 0.3 is 0 Å². The molecule has 0 saturated carbocycles. The number of thioether (sulfide) groups is 1. The fourth-order valence-corrected chi connectivity index (χ4v) is 6.12. The number of methoxy groups -OCH3 is 1. The summed E-state index contributed by atoms with van der Waals surface area (Å²) in [5.74, 6) is 1.22. The standard InChI is InChI=1S/C22H22I2N2O2S/c1-13(2)12-26-21(27)19(11-15-9-17(23)20(28-4)18(24)10-15)29-22(26)25-16-7-5-14(3)6-8-16/h5-11,13H,12H2,1-4H3/b19-11+,25-22?. The Labute approximate surface area is 203 Å². The normalized spacial score (nSPS) is 17.1. The van der Waals surface area contributed by atoms with Gasteiger partial charge in [-0.2, -0.15) is 0 Å². The van der Waals surface area contributed by atoms with Crippen molar-refractivity contribution in [2.75, 3.05) is 13.7 Å². The lowest BCUT2D eigenvalue weighted by atomic mass is 10.2. The van der Waals surface area contributed by atoms with Crippen molar-refractivity contribution in [3.8, 4) is 5.75 Å². The number of amidine groups is 1. The molecule has 1 aliphatic rings. The zero-order chi connectivity index (χ0) is 21.1. The van der Waals surface area contributed by atoms with Gasteiger partial charge in [0.15, 0.2) is 5.17 Å². The van der Waals surface area contributed by atoms with Crippen LogP contribution in [-0.4, -0.2) is 29.6 Å². The van der Waals surface area contributed by atoms with Crippen LogP contribution in [0.3, 0.4) is 0 Å². The number of aryl methyl sites for hydroxylation is 1. The number of halogens is 2. The molecule has 0 aliphatic carbocycles. The summed E-state index contributed by atoms with van der Waals surface area (Å²) in [7, 11) is 1.67. The van der Waals surface area contributed by atoms with E-state index >= 15 is 0 Å². The van der Waals surface area contributed by atoms with Crippen LogP contribution >= 0.6 is 56.9 Å². The summed E-state index contributed by atoms with van der Waals surface area (Å²) in [6, 6.07) is 12.1. The molecule has 1 amide bonds. The van der Waals surface area contributed by atoms with Gasteiger partial charge in [0.25, 0.3) is 5.91 Å². The monoisotopic (exact) mass is 632 g/mol. The first-order valence-electron chi connectivity index (χ1n) is 9.18. The molecule has 0 aromatic heterocycles. The number of amides is 1. The molecule has 7 heteroatoms. The number of hydrogen-bond acceptors (Lipinski definition) is 4. The number of aliphatic imine (C=N–C) groups is 1. The van der Waals surface area contributed by atoms with E-state index in [4.69, 9.17) is 9.73 Å². The molecule has 4 nitrogen and oxygen atoms in total. The molecule has 0 unspecified atom stereocenters. The van der Waals surface area contributed by atoms with Crippen molar-refractivity contribution in [2.45, 2.75) is 20.8 Å². The van der Waals surface area contributed by atoms with E-state index < -0.39 is 0 Å². The Kier molecular flexibility index (Phi) is 7.66. The number of carbonyl (C=O) groups excluding carboxylic acids is 1. The Morgan fingerprint density at radius 2 is 1.79 bits per heavy atom. The lowest BCUT2D eigenvalue weighted by molar-refractivity contribution is -0.122. The van der Waals surface area contributed by atoms with Gasteiger partial charge in [-0.15, -0.1) is 0 Å². The molecule has 0 atom stereocenters. The highest BCUT2D eigenvalue weighted by Gasteiger charge is 2.33. The van der Waals surface area contributed by atoms with Crippen molar-refractivity contribution in [2.24, 2.45) is 10.9 Å². The molecule has 1 saturated heterocycles. The van der Waals surface area contributed by atoms with E-state index in [1.54, 1.807) is 12.0 Å². The third-order valence-electron chi connectivity index (χ3n) is 4.22. The molecule has 152 valence electrons. The van der Waals surface area contributed by atoms with Crippen LogP contribution in [0.2, 0.25) is 0 Å². The van der Waals surface area contributed by atoms with Crippen molar-refractivity contribution in [3.63, 3.8) is 0 Å². The Morgan fingerprint density at radius 3 is 2.34 bits per heavy atom. The zero-order valence-corrected chi connectivity index (χ0v) is 21.8. The fraction of sp³-hybridized carbons (Fsp3) is 0.273. The minimum absolute atomic E-state index is 0.00963. The summed E-state index contributed by atoms with van der Waals surface area (Å²) in [5.41, 5.74) is 3.03. The van der Waals surface area contributed by atoms with Gasteiger partial charge in [-0.25, -0.2) is 4.99 Å². The van der Waals surface area contributed by atoms with Gasteiger partial charge < -0.3 is 4.74 Å². The maximum Gasteiger partial charge on any atom is 0.266 e. The minimum atomic E-state index is 0.00963. The number of carbonyl (C=O) groups is 1. The van der Waals surface area contributed by atoms with E-state index in [1.165, 1.54) is 17.3 Å². The topological polar surface area (TPSA) is 41.9 Å². The largest absolute Gasteiger partial charge is 0.495 e. The van der Waals surface area contributed by atoms with Crippen LogP contribution in [0.1, 0.15) is 25.0 Å². The second-order valence-electron chi connectivity index (χ2n) is 7.17. The minimum Gasteiger partial charge on any atom is -0.495 e. The van der Waals surface area contributed by atoms with Crippen LogP contribution in [0.25, 0.3) is 6.08 Å². The Hall–Kier alpha value is -1.07. The van der Waals surface area contributed by atoms with Crippen LogP contribution in [-0.2, 0) is 4.79 Å². The van der Waals surface area contributed by atoms with Gasteiger partial charge in [0.2, 0.25) is 0 Å². The van der Waals surface area contributed by atoms with E-state index in [0.29, 0.717) is 17.4 Å². The third-order valence-corrected chi connectivity index (χ3v) is 6.83. The van der Waals surface area contributed by atoms with E-state index in [9.17, 15) is 4.79 Å². The molecular formula is C22H22I2N2O2S. The van der Waals surface area contributed by atoms with Gasteiger partial charge in [0, 0.05) is 6.54 Å². The van der Waals surface area contributed by atoms with Crippen molar-refractivity contribution < 1.29 is 9.53 Å². The summed E-state index contributed by atoms with van der Waals surface area (Å²) < 4.78 is 7.48. The van der Waals surface area contributed by atoms with E-state index in [1.807, 2.05) is 49.4 Å². The van der Waals surface area contributed by atoms with Crippen LogP contribution < -0.4 is 4.74 Å². The Balaban J connectivity index is 1.97. The maximum atomic E-state index is 13.1. The summed E-state index contributed by atoms with van der Waals surface area (Å²) in [5, 5.41) is 0.733. The lowest BCUT2D eigenvalue weighted by Crippen LogP contribution is -2.32. The molecule has 29 heavy (non-hydrogen) atoms. The summed E-state index contributed by atoms with van der Waals surface area (Å²) >= 11 is 5.96. The highest BCUT2D eigenvalue weighted by atomic mass is 127. The average molecular weight is 632 g/mol. The maximum absolute atomic E-state index is 13.1. The molecule has 2 aromatic carbocycles. The molecule has 0 N–H and O–H groups in total. The van der Waals surface area contributed by atoms with Gasteiger partial charge in [-0.05, 0) is 106 Å². The fourth-order valence-electron chi connectivity index (χ4n) is 2.86. The van der Waals surface area contributed by atoms with Crippen LogP contribution in [0, 0.1) is 20.0 Å². The molecule has 2 aromatic rings. The number of nitrogens with zero attached hydrogens (tertiary/aromatic N) is 2. The van der Waals surface area contributed by atoms with Crippen molar-refractivity contribution in [1.29, 1.82) is 0 Å². The van der Waals surface area contributed by atoms with Crippen molar-refractivity contribution in [3.05, 3.63) is 59.6 Å². The molecule has 0 bridgehead atoms. The Morgan fingerprint density at radius 1 is 1.17 bits per heavy atom. The van der Waals surface area contributed by atoms with Crippen molar-refractivity contribution >= 4 is 79.8 Å². The van der Waals surface area contributed by atoms with E-state index in [-0.39, 0.29) is 5.91 Å². The zero-order valence-electron chi connectivity index (χ0n) is 16.7.